The lowest BCUT2D eigenvalue weighted by atomic mass is 10.2. The van der Waals surface area contributed by atoms with Gasteiger partial charge in [0, 0.05) is 35.1 Å². The normalized spacial score (nSPS) is 10.3. The average molecular weight is 696 g/mol. The molecular weight excluding hydrogens is 659 g/mol. The number of aromatic nitrogens is 7. The number of rotatable bonds is 9. The standard InChI is InChI=1S/C9H17N5S.C9H7NO.C7H11N7S.H2O4S/c1-5-10-7-12-8(11-6(2)3)14-9(13-7)15-4;11-8-5-1-3-7-4-2-6-10-9(7)8;1-4(2)9-5-10-6(13-14-8)12-7(11-5)15-3;1-5(2,3)4/h6H,5H2,1-4H3,(H2,10,11,12,13,14);1-6,11H;4H,1-3H3,(H,9,10,11,12);(H2,1,2,3,4). The third-order valence-electron chi connectivity index (χ3n) is 4.50. The van der Waals surface area contributed by atoms with E-state index in [2.05, 4.69) is 74.7 Å². The number of para-hydroxylation sites is 1. The first-order valence-electron chi connectivity index (χ1n) is 13.3. The summed E-state index contributed by atoms with van der Waals surface area (Å²) in [5.74, 6) is 2.00. The van der Waals surface area contributed by atoms with Crippen molar-refractivity contribution in [1.82, 2.24) is 34.9 Å². The van der Waals surface area contributed by atoms with E-state index in [0.717, 1.165) is 17.1 Å². The van der Waals surface area contributed by atoms with Crippen molar-refractivity contribution in [1.29, 1.82) is 0 Å². The summed E-state index contributed by atoms with van der Waals surface area (Å²) in [6.45, 7) is 10.9. The number of hydrogen-bond donors (Lipinski definition) is 6. The van der Waals surface area contributed by atoms with Gasteiger partial charge in [0.2, 0.25) is 23.8 Å². The second-order valence-electron chi connectivity index (χ2n) is 9.03. The Morgan fingerprint density at radius 1 is 0.870 bits per heavy atom. The first-order valence-corrected chi connectivity index (χ1v) is 17.2. The summed E-state index contributed by atoms with van der Waals surface area (Å²) in [5, 5.41) is 24.1. The number of phenols is 1. The Balaban J connectivity index is 0.000000324. The van der Waals surface area contributed by atoms with E-state index in [1.807, 2.05) is 51.5 Å². The fraction of sp³-hybridized carbons (Fsp3) is 0.400. The Kier molecular flexibility index (Phi) is 17.9. The second kappa shape index (κ2) is 20.7. The van der Waals surface area contributed by atoms with E-state index in [1.54, 1.807) is 18.3 Å². The number of hydrogen-bond acceptors (Lipinski definition) is 16. The molecule has 0 spiro atoms. The largest absolute Gasteiger partial charge is 0.506 e. The summed E-state index contributed by atoms with van der Waals surface area (Å²) >= 11 is 2.87. The Bertz CT molecular complexity index is 1660. The van der Waals surface area contributed by atoms with Crippen LogP contribution >= 0.6 is 23.5 Å². The Labute approximate surface area is 275 Å². The van der Waals surface area contributed by atoms with E-state index in [-0.39, 0.29) is 17.7 Å². The first-order chi connectivity index (χ1) is 21.7. The second-order valence-corrected chi connectivity index (χ2v) is 11.5. The minimum absolute atomic E-state index is 0.0833. The molecule has 0 aliphatic heterocycles. The van der Waals surface area contributed by atoms with Crippen LogP contribution < -0.4 is 16.0 Å². The highest BCUT2D eigenvalue weighted by Gasteiger charge is 2.06. The van der Waals surface area contributed by atoms with Gasteiger partial charge in [-0.1, -0.05) is 41.7 Å². The van der Waals surface area contributed by atoms with Crippen molar-refractivity contribution in [3.8, 4) is 5.75 Å². The molecule has 18 nitrogen and oxygen atoms in total. The maximum absolute atomic E-state index is 9.31. The maximum Gasteiger partial charge on any atom is 0.394 e. The molecule has 1 aromatic carbocycles. The summed E-state index contributed by atoms with van der Waals surface area (Å²) in [4.78, 5) is 31.4. The number of anilines is 3. The molecular formula is C25H37N13O5S3. The topological polar surface area (TPSA) is 270 Å². The van der Waals surface area contributed by atoms with Crippen LogP contribution in [-0.2, 0) is 10.4 Å². The highest BCUT2D eigenvalue weighted by molar-refractivity contribution is 7.98. The van der Waals surface area contributed by atoms with E-state index in [9.17, 15) is 5.11 Å². The SMILES string of the molecule is CCNc1nc(NC(C)C)nc(SC)n1.CSc1nc(N=[N+]=[N-])nc(NC(C)C)n1.O=S(=O)(O)O.Oc1cccc2cccnc12. The minimum atomic E-state index is -4.67. The molecule has 4 aromatic rings. The summed E-state index contributed by atoms with van der Waals surface area (Å²) in [7, 11) is -4.67. The van der Waals surface area contributed by atoms with Gasteiger partial charge in [0.25, 0.3) is 0 Å². The predicted molar refractivity (Wildman–Crippen MR) is 181 cm³/mol. The van der Waals surface area contributed by atoms with Crippen LogP contribution in [0.4, 0.5) is 23.8 Å². The first kappa shape index (κ1) is 39.8. The number of aromatic hydroxyl groups is 1. The van der Waals surface area contributed by atoms with Crippen molar-refractivity contribution < 1.29 is 22.6 Å². The van der Waals surface area contributed by atoms with Crippen LogP contribution in [0.5, 0.6) is 5.75 Å². The molecule has 0 unspecified atom stereocenters. The van der Waals surface area contributed by atoms with Crippen molar-refractivity contribution in [3.05, 3.63) is 47.0 Å². The summed E-state index contributed by atoms with van der Waals surface area (Å²) in [5.41, 5.74) is 8.95. The quantitative estimate of drug-likeness (QED) is 0.0415. The van der Waals surface area contributed by atoms with Gasteiger partial charge in [-0.15, -0.1) is 0 Å². The predicted octanol–water partition coefficient (Wildman–Crippen LogP) is 5.49. The number of pyridine rings is 1. The molecule has 0 radical (unpaired) electrons. The zero-order valence-corrected chi connectivity index (χ0v) is 28.6. The molecule has 250 valence electrons. The van der Waals surface area contributed by atoms with Crippen LogP contribution in [0.3, 0.4) is 0 Å². The van der Waals surface area contributed by atoms with Gasteiger partial charge in [-0.25, -0.2) is 4.98 Å². The summed E-state index contributed by atoms with van der Waals surface area (Å²) in [6.07, 6.45) is 5.46. The van der Waals surface area contributed by atoms with Crippen LogP contribution in [0.1, 0.15) is 34.6 Å². The monoisotopic (exact) mass is 695 g/mol. The van der Waals surface area contributed by atoms with Gasteiger partial charge in [-0.2, -0.15) is 33.3 Å². The lowest BCUT2D eigenvalue weighted by Crippen LogP contribution is -2.15. The van der Waals surface area contributed by atoms with Gasteiger partial charge in [0.15, 0.2) is 10.3 Å². The van der Waals surface area contributed by atoms with Crippen molar-refractivity contribution >= 4 is 68.6 Å². The van der Waals surface area contributed by atoms with Gasteiger partial charge in [-0.3, -0.25) is 14.1 Å². The summed E-state index contributed by atoms with van der Waals surface area (Å²) in [6, 6.07) is 9.65. The van der Waals surface area contributed by atoms with Crippen molar-refractivity contribution in [2.75, 3.05) is 35.0 Å². The number of nitrogens with one attached hydrogen (secondary N) is 3. The smallest absolute Gasteiger partial charge is 0.394 e. The minimum Gasteiger partial charge on any atom is -0.506 e. The number of fused-ring (bicyclic) bond motifs is 1. The molecule has 3 heterocycles. The Morgan fingerprint density at radius 2 is 1.39 bits per heavy atom. The van der Waals surface area contributed by atoms with E-state index in [0.29, 0.717) is 34.6 Å². The van der Waals surface area contributed by atoms with Crippen LogP contribution in [-0.4, -0.2) is 88.7 Å². The zero-order valence-electron chi connectivity index (χ0n) is 26.2. The van der Waals surface area contributed by atoms with E-state index >= 15 is 0 Å². The Morgan fingerprint density at radius 3 is 1.89 bits per heavy atom. The molecule has 3 aromatic heterocycles. The zero-order chi connectivity index (χ0) is 34.7. The molecule has 46 heavy (non-hydrogen) atoms. The molecule has 0 aliphatic rings. The fourth-order valence-corrected chi connectivity index (χ4v) is 3.65. The molecule has 0 bridgehead atoms. The molecule has 4 rings (SSSR count). The van der Waals surface area contributed by atoms with Gasteiger partial charge >= 0.3 is 10.4 Å². The third kappa shape index (κ3) is 17.3. The van der Waals surface area contributed by atoms with E-state index in [1.165, 1.54) is 23.5 Å². The number of thioether (sulfide) groups is 2. The highest BCUT2D eigenvalue weighted by atomic mass is 32.3. The number of nitrogens with zero attached hydrogens (tertiary/aromatic N) is 10. The lowest BCUT2D eigenvalue weighted by molar-refractivity contribution is 0.381. The fourth-order valence-electron chi connectivity index (χ4n) is 2.94. The number of benzene rings is 1. The number of phenolic OH excluding ortho intramolecular Hbond substituents is 1. The third-order valence-corrected chi connectivity index (χ3v) is 5.59. The molecule has 0 saturated carbocycles. The van der Waals surface area contributed by atoms with Gasteiger partial charge in [-0.05, 0) is 69.9 Å². The van der Waals surface area contributed by atoms with E-state index < -0.39 is 10.4 Å². The average Bonchev–Trinajstić information content (AvgIpc) is 2.97. The molecule has 21 heteroatoms. The molecule has 0 aliphatic carbocycles. The molecule has 6 N–H and O–H groups in total. The maximum atomic E-state index is 9.31. The van der Waals surface area contributed by atoms with Crippen molar-refractivity contribution in [2.45, 2.75) is 57.0 Å². The van der Waals surface area contributed by atoms with Crippen LogP contribution in [0, 0.1) is 0 Å². The Hall–Kier alpha value is -4.27. The molecule has 0 atom stereocenters. The lowest BCUT2D eigenvalue weighted by Gasteiger charge is -2.10. The van der Waals surface area contributed by atoms with Crippen molar-refractivity contribution in [2.24, 2.45) is 5.11 Å². The van der Waals surface area contributed by atoms with Gasteiger partial charge in [0.1, 0.15) is 11.3 Å². The van der Waals surface area contributed by atoms with Crippen LogP contribution in [0.25, 0.3) is 21.3 Å². The van der Waals surface area contributed by atoms with Gasteiger partial charge < -0.3 is 21.1 Å². The summed E-state index contributed by atoms with van der Waals surface area (Å²) < 4.78 is 31.6. The van der Waals surface area contributed by atoms with E-state index in [4.69, 9.17) is 23.1 Å². The number of azide groups is 1. The van der Waals surface area contributed by atoms with Crippen LogP contribution in [0.2, 0.25) is 0 Å². The van der Waals surface area contributed by atoms with Crippen molar-refractivity contribution in [3.63, 3.8) is 0 Å². The van der Waals surface area contributed by atoms with Crippen LogP contribution in [0.15, 0.2) is 52.0 Å². The highest BCUT2D eigenvalue weighted by Crippen LogP contribution is 2.20. The van der Waals surface area contributed by atoms with Gasteiger partial charge in [0.05, 0.1) is 0 Å². The molecule has 0 fully saturated rings. The molecule has 0 amide bonds. The molecule has 0 saturated heterocycles.